The van der Waals surface area contributed by atoms with Crippen LogP contribution in [0.1, 0.15) is 47.9 Å². The minimum absolute atomic E-state index is 0.213. The second-order valence-electron chi connectivity index (χ2n) is 8.86. The van der Waals surface area contributed by atoms with Crippen molar-refractivity contribution in [3.05, 3.63) is 95.8 Å². The van der Waals surface area contributed by atoms with Gasteiger partial charge < -0.3 is 5.32 Å². The molecule has 0 saturated carbocycles. The van der Waals surface area contributed by atoms with Crippen molar-refractivity contribution in [3.8, 4) is 0 Å². The van der Waals surface area contributed by atoms with E-state index in [-0.39, 0.29) is 10.8 Å². The highest BCUT2D eigenvalue weighted by molar-refractivity contribution is 7.89. The zero-order valence-electron chi connectivity index (χ0n) is 18.9. The van der Waals surface area contributed by atoms with Crippen LogP contribution in [0.25, 0.3) is 0 Å². The minimum atomic E-state index is -3.59. The summed E-state index contributed by atoms with van der Waals surface area (Å²) in [5, 5.41) is 3.04. The van der Waals surface area contributed by atoms with Gasteiger partial charge in [0.05, 0.1) is 16.6 Å². The van der Waals surface area contributed by atoms with Gasteiger partial charge in [0.25, 0.3) is 5.91 Å². The summed E-state index contributed by atoms with van der Waals surface area (Å²) in [6, 6.07) is 21.0. The molecule has 0 aliphatic carbocycles. The molecule has 6 nitrogen and oxygen atoms in total. The first-order valence-electron chi connectivity index (χ1n) is 11.2. The number of aromatic nitrogens is 1. The maximum atomic E-state index is 13.1. The van der Waals surface area contributed by atoms with Gasteiger partial charge in [-0.2, -0.15) is 4.31 Å². The van der Waals surface area contributed by atoms with Crippen molar-refractivity contribution in [1.29, 1.82) is 0 Å². The van der Waals surface area contributed by atoms with Crippen molar-refractivity contribution in [2.24, 2.45) is 11.8 Å². The summed E-state index contributed by atoms with van der Waals surface area (Å²) >= 11 is 0. The number of nitrogens with one attached hydrogen (secondary N) is 1. The second kappa shape index (κ2) is 9.85. The number of carbonyl (C=O) groups is 1. The monoisotopic (exact) mass is 463 g/mol. The SMILES string of the molecule is CC1CC(C)CN(S(=O)(=O)c2ccc(C(=O)NC(c3ccccc3)c3ccccn3)cc2)C1. The van der Waals surface area contributed by atoms with Crippen LogP contribution in [0.2, 0.25) is 0 Å². The molecular weight excluding hydrogens is 434 g/mol. The van der Waals surface area contributed by atoms with Gasteiger partial charge in [0, 0.05) is 24.8 Å². The standard InChI is InChI=1S/C26H29N3O3S/c1-19-16-20(2)18-29(17-19)33(31,32)23-13-11-22(12-14-23)26(30)28-25(21-8-4-3-5-9-21)24-10-6-7-15-27-24/h3-15,19-20,25H,16-18H2,1-2H3,(H,28,30). The molecule has 1 fully saturated rings. The Morgan fingerprint density at radius 2 is 1.58 bits per heavy atom. The van der Waals surface area contributed by atoms with Crippen LogP contribution in [0.3, 0.4) is 0 Å². The van der Waals surface area contributed by atoms with E-state index in [2.05, 4.69) is 24.1 Å². The zero-order valence-corrected chi connectivity index (χ0v) is 19.7. The van der Waals surface area contributed by atoms with Gasteiger partial charge in [-0.25, -0.2) is 8.42 Å². The first-order valence-corrected chi connectivity index (χ1v) is 12.7. The molecule has 1 amide bonds. The zero-order chi connectivity index (χ0) is 23.4. The summed E-state index contributed by atoms with van der Waals surface area (Å²) in [7, 11) is -3.59. The number of benzene rings is 2. The number of pyridine rings is 1. The average molecular weight is 464 g/mol. The highest BCUT2D eigenvalue weighted by atomic mass is 32.2. The Kier molecular flexibility index (Phi) is 6.91. The van der Waals surface area contributed by atoms with E-state index in [0.717, 1.165) is 17.7 Å². The largest absolute Gasteiger partial charge is 0.340 e. The maximum Gasteiger partial charge on any atom is 0.252 e. The molecule has 172 valence electrons. The number of carbonyl (C=O) groups excluding carboxylic acids is 1. The summed E-state index contributed by atoms with van der Waals surface area (Å²) in [5.74, 6) is 0.365. The normalized spacial score (nSPS) is 20.2. The smallest absolute Gasteiger partial charge is 0.252 e. The average Bonchev–Trinajstić information content (AvgIpc) is 2.83. The van der Waals surface area contributed by atoms with Gasteiger partial charge in [0.1, 0.15) is 0 Å². The molecule has 7 heteroatoms. The van der Waals surface area contributed by atoms with Crippen LogP contribution >= 0.6 is 0 Å². The van der Waals surface area contributed by atoms with Gasteiger partial charge >= 0.3 is 0 Å². The Bertz CT molecular complexity index is 1130. The molecule has 1 aliphatic heterocycles. The second-order valence-corrected chi connectivity index (χ2v) is 10.8. The highest BCUT2D eigenvalue weighted by Crippen LogP contribution is 2.27. The molecule has 0 radical (unpaired) electrons. The topological polar surface area (TPSA) is 79.4 Å². The van der Waals surface area contributed by atoms with Crippen molar-refractivity contribution >= 4 is 15.9 Å². The van der Waals surface area contributed by atoms with Gasteiger partial charge in [0.2, 0.25) is 10.0 Å². The Balaban J connectivity index is 1.54. The predicted molar refractivity (Wildman–Crippen MR) is 128 cm³/mol. The van der Waals surface area contributed by atoms with Gasteiger partial charge in [0.15, 0.2) is 0 Å². The van der Waals surface area contributed by atoms with Crippen molar-refractivity contribution in [3.63, 3.8) is 0 Å². The number of nitrogens with zero attached hydrogens (tertiary/aromatic N) is 2. The molecule has 33 heavy (non-hydrogen) atoms. The molecule has 3 unspecified atom stereocenters. The van der Waals surface area contributed by atoms with E-state index in [9.17, 15) is 13.2 Å². The number of hydrogen-bond acceptors (Lipinski definition) is 4. The Morgan fingerprint density at radius 3 is 2.18 bits per heavy atom. The molecule has 0 bridgehead atoms. The minimum Gasteiger partial charge on any atom is -0.340 e. The maximum absolute atomic E-state index is 13.1. The number of piperidine rings is 1. The van der Waals surface area contributed by atoms with Crippen molar-refractivity contribution < 1.29 is 13.2 Å². The third-order valence-corrected chi connectivity index (χ3v) is 7.83. The molecule has 1 saturated heterocycles. The van der Waals surface area contributed by atoms with Crippen molar-refractivity contribution in [1.82, 2.24) is 14.6 Å². The van der Waals surface area contributed by atoms with Gasteiger partial charge in [-0.1, -0.05) is 50.2 Å². The Morgan fingerprint density at radius 1 is 0.939 bits per heavy atom. The lowest BCUT2D eigenvalue weighted by Crippen LogP contribution is -2.42. The molecule has 4 rings (SSSR count). The van der Waals surface area contributed by atoms with Crippen LogP contribution < -0.4 is 5.32 Å². The fraction of sp³-hybridized carbons (Fsp3) is 0.308. The molecule has 2 heterocycles. The molecule has 3 atom stereocenters. The molecule has 1 aliphatic rings. The van der Waals surface area contributed by atoms with E-state index < -0.39 is 16.1 Å². The van der Waals surface area contributed by atoms with E-state index in [1.807, 2.05) is 48.5 Å². The van der Waals surface area contributed by atoms with Gasteiger partial charge in [-0.15, -0.1) is 0 Å². The molecular formula is C26H29N3O3S. The number of sulfonamides is 1. The van der Waals surface area contributed by atoms with Crippen molar-refractivity contribution in [2.45, 2.75) is 31.2 Å². The quantitative estimate of drug-likeness (QED) is 0.592. The Labute approximate surface area is 195 Å². The van der Waals surface area contributed by atoms with E-state index in [1.165, 1.54) is 12.1 Å². The molecule has 3 aromatic rings. The van der Waals surface area contributed by atoms with E-state index >= 15 is 0 Å². The fourth-order valence-corrected chi connectivity index (χ4v) is 6.14. The van der Waals surface area contributed by atoms with Crippen LogP contribution in [0.15, 0.2) is 83.9 Å². The lowest BCUT2D eigenvalue weighted by atomic mass is 9.94. The van der Waals surface area contributed by atoms with Crippen LogP contribution in [-0.4, -0.2) is 36.7 Å². The first-order chi connectivity index (χ1) is 15.8. The summed E-state index contributed by atoms with van der Waals surface area (Å²) in [6.45, 7) is 5.21. The summed E-state index contributed by atoms with van der Waals surface area (Å²) in [4.78, 5) is 17.7. The molecule has 1 N–H and O–H groups in total. The summed E-state index contributed by atoms with van der Waals surface area (Å²) < 4.78 is 27.8. The molecule has 2 aromatic carbocycles. The fourth-order valence-electron chi connectivity index (χ4n) is 4.46. The van der Waals surface area contributed by atoms with Crippen LogP contribution in [0, 0.1) is 11.8 Å². The first kappa shape index (κ1) is 23.1. The van der Waals surface area contributed by atoms with Crippen LogP contribution in [-0.2, 0) is 10.0 Å². The lowest BCUT2D eigenvalue weighted by Gasteiger charge is -2.34. The van der Waals surface area contributed by atoms with Gasteiger partial charge in [-0.05, 0) is 60.2 Å². The summed E-state index contributed by atoms with van der Waals surface area (Å²) in [6.07, 6.45) is 2.73. The molecule has 1 aromatic heterocycles. The third-order valence-electron chi connectivity index (χ3n) is 5.98. The van der Waals surface area contributed by atoms with Crippen LogP contribution in [0.4, 0.5) is 0 Å². The number of rotatable bonds is 6. The Hall–Kier alpha value is -3.03. The van der Waals surface area contributed by atoms with E-state index in [4.69, 9.17) is 0 Å². The number of hydrogen-bond donors (Lipinski definition) is 1. The van der Waals surface area contributed by atoms with E-state index in [1.54, 1.807) is 22.6 Å². The van der Waals surface area contributed by atoms with E-state index in [0.29, 0.717) is 30.5 Å². The summed E-state index contributed by atoms with van der Waals surface area (Å²) in [5.41, 5.74) is 2.04. The van der Waals surface area contributed by atoms with Crippen LogP contribution in [0.5, 0.6) is 0 Å². The molecule has 0 spiro atoms. The predicted octanol–water partition coefficient (Wildman–Crippen LogP) is 4.27. The van der Waals surface area contributed by atoms with Crippen molar-refractivity contribution in [2.75, 3.05) is 13.1 Å². The lowest BCUT2D eigenvalue weighted by molar-refractivity contribution is 0.0942. The highest BCUT2D eigenvalue weighted by Gasteiger charge is 2.31. The number of amides is 1. The van der Waals surface area contributed by atoms with Gasteiger partial charge in [-0.3, -0.25) is 9.78 Å². The third kappa shape index (κ3) is 5.31.